The number of hydrogen-bond donors (Lipinski definition) is 3. The summed E-state index contributed by atoms with van der Waals surface area (Å²) in [5.74, 6) is -1.64. The molecule has 0 atom stereocenters. The van der Waals surface area contributed by atoms with E-state index in [0.717, 1.165) is 23.5 Å². The minimum absolute atomic E-state index is 0.485. The van der Waals surface area contributed by atoms with Gasteiger partial charge in [0, 0.05) is 29.2 Å². The average molecular weight is 282 g/mol. The van der Waals surface area contributed by atoms with Crippen molar-refractivity contribution >= 4 is 28.9 Å². The van der Waals surface area contributed by atoms with Gasteiger partial charge in [0.05, 0.1) is 0 Å². The van der Waals surface area contributed by atoms with Crippen LogP contribution in [0.4, 0.5) is 17.1 Å². The summed E-state index contributed by atoms with van der Waals surface area (Å²) in [4.78, 5) is 21.7. The highest BCUT2D eigenvalue weighted by molar-refractivity contribution is 6.02. The number of anilines is 3. The van der Waals surface area contributed by atoms with E-state index in [1.807, 2.05) is 42.5 Å². The number of aliphatic carboxylic acids is 1. The van der Waals surface area contributed by atoms with E-state index in [1.54, 1.807) is 12.1 Å². The number of hydrogen-bond acceptors (Lipinski definition) is 3. The number of rotatable bonds is 5. The van der Waals surface area contributed by atoms with Crippen LogP contribution in [0.25, 0.3) is 0 Å². The van der Waals surface area contributed by atoms with Crippen molar-refractivity contribution in [2.24, 2.45) is 0 Å². The molecule has 0 aromatic heterocycles. The van der Waals surface area contributed by atoms with E-state index in [2.05, 4.69) is 10.6 Å². The van der Waals surface area contributed by atoms with Crippen LogP contribution in [0, 0.1) is 0 Å². The normalized spacial score (nSPS) is 10.3. The van der Waals surface area contributed by atoms with Gasteiger partial charge < -0.3 is 15.7 Å². The molecule has 2 aromatic carbocycles. The molecule has 0 spiro atoms. The Balaban J connectivity index is 1.96. The lowest BCUT2D eigenvalue weighted by Crippen LogP contribution is -2.08. The predicted octanol–water partition coefficient (Wildman–Crippen LogP) is 3.01. The third kappa shape index (κ3) is 4.83. The van der Waals surface area contributed by atoms with Crippen molar-refractivity contribution in [3.8, 4) is 0 Å². The quantitative estimate of drug-likeness (QED) is 0.737. The summed E-state index contributed by atoms with van der Waals surface area (Å²) >= 11 is 0. The number of amides is 1. The van der Waals surface area contributed by atoms with Crippen molar-refractivity contribution in [3.63, 3.8) is 0 Å². The maximum Gasteiger partial charge on any atom is 0.328 e. The molecular weight excluding hydrogens is 268 g/mol. The van der Waals surface area contributed by atoms with E-state index >= 15 is 0 Å². The third-order valence-corrected chi connectivity index (χ3v) is 2.59. The minimum Gasteiger partial charge on any atom is -0.478 e. The smallest absolute Gasteiger partial charge is 0.328 e. The second-order valence-electron chi connectivity index (χ2n) is 4.23. The molecule has 21 heavy (non-hydrogen) atoms. The Morgan fingerprint density at radius 1 is 0.810 bits per heavy atom. The Hall–Kier alpha value is -3.08. The molecule has 5 nitrogen and oxygen atoms in total. The van der Waals surface area contributed by atoms with E-state index in [-0.39, 0.29) is 0 Å². The van der Waals surface area contributed by atoms with Crippen LogP contribution in [0.3, 0.4) is 0 Å². The SMILES string of the molecule is O=C(O)/C=C/C(=O)Nc1ccc(Nc2ccccc2)cc1. The zero-order chi connectivity index (χ0) is 15.1. The first-order chi connectivity index (χ1) is 10.1. The van der Waals surface area contributed by atoms with Crippen LogP contribution >= 0.6 is 0 Å². The molecule has 2 rings (SSSR count). The molecule has 0 saturated carbocycles. The summed E-state index contributed by atoms with van der Waals surface area (Å²) in [5.41, 5.74) is 2.45. The number of carboxylic acid groups (broad SMARTS) is 1. The number of carbonyl (C=O) groups excluding carboxylic acids is 1. The lowest BCUT2D eigenvalue weighted by molar-refractivity contribution is -0.131. The Kier molecular flexibility index (Phi) is 4.71. The van der Waals surface area contributed by atoms with E-state index in [1.165, 1.54) is 0 Å². The highest BCUT2D eigenvalue weighted by Crippen LogP contribution is 2.18. The average Bonchev–Trinajstić information content (AvgIpc) is 2.48. The van der Waals surface area contributed by atoms with Gasteiger partial charge in [0.15, 0.2) is 0 Å². The summed E-state index contributed by atoms with van der Waals surface area (Å²) in [7, 11) is 0. The van der Waals surface area contributed by atoms with Crippen LogP contribution in [-0.4, -0.2) is 17.0 Å². The minimum atomic E-state index is -1.16. The predicted molar refractivity (Wildman–Crippen MR) is 81.6 cm³/mol. The molecule has 0 aliphatic heterocycles. The van der Waals surface area contributed by atoms with Gasteiger partial charge in [-0.3, -0.25) is 4.79 Å². The van der Waals surface area contributed by atoms with Gasteiger partial charge in [0.25, 0.3) is 0 Å². The summed E-state index contributed by atoms with van der Waals surface area (Å²) in [6, 6.07) is 16.8. The van der Waals surface area contributed by atoms with E-state index in [9.17, 15) is 9.59 Å². The van der Waals surface area contributed by atoms with Crippen LogP contribution in [0.2, 0.25) is 0 Å². The number of nitrogens with one attached hydrogen (secondary N) is 2. The first-order valence-corrected chi connectivity index (χ1v) is 6.27. The van der Waals surface area contributed by atoms with Gasteiger partial charge in [-0.25, -0.2) is 4.79 Å². The molecule has 106 valence electrons. The molecule has 1 amide bonds. The van der Waals surface area contributed by atoms with E-state index in [4.69, 9.17) is 5.11 Å². The Labute approximate surface area is 121 Å². The lowest BCUT2D eigenvalue weighted by atomic mass is 10.2. The first-order valence-electron chi connectivity index (χ1n) is 6.27. The maximum atomic E-state index is 11.4. The van der Waals surface area contributed by atoms with E-state index < -0.39 is 11.9 Å². The van der Waals surface area contributed by atoms with Gasteiger partial charge in [-0.05, 0) is 36.4 Å². The standard InChI is InChI=1S/C16H14N2O3/c19-15(10-11-16(20)21)18-14-8-6-13(7-9-14)17-12-4-2-1-3-5-12/h1-11,17H,(H,18,19)(H,20,21)/b11-10+. The number of carbonyl (C=O) groups is 2. The maximum absolute atomic E-state index is 11.4. The lowest BCUT2D eigenvalue weighted by Gasteiger charge is -2.07. The van der Waals surface area contributed by atoms with Gasteiger partial charge in [-0.2, -0.15) is 0 Å². The van der Waals surface area contributed by atoms with Crippen molar-refractivity contribution < 1.29 is 14.7 Å². The van der Waals surface area contributed by atoms with E-state index in [0.29, 0.717) is 5.69 Å². The zero-order valence-electron chi connectivity index (χ0n) is 11.1. The fraction of sp³-hybridized carbons (Fsp3) is 0. The topological polar surface area (TPSA) is 78.4 Å². The monoisotopic (exact) mass is 282 g/mol. The molecular formula is C16H14N2O3. The Bertz CT molecular complexity index is 649. The second-order valence-corrected chi connectivity index (χ2v) is 4.23. The summed E-state index contributed by atoms with van der Waals surface area (Å²) in [5, 5.41) is 14.2. The molecule has 5 heteroatoms. The van der Waals surface area contributed by atoms with Gasteiger partial charge in [0.2, 0.25) is 5.91 Å². The van der Waals surface area contributed by atoms with Crippen molar-refractivity contribution in [2.75, 3.05) is 10.6 Å². The van der Waals surface area contributed by atoms with Crippen LogP contribution in [0.5, 0.6) is 0 Å². The van der Waals surface area contributed by atoms with Crippen molar-refractivity contribution in [2.45, 2.75) is 0 Å². The molecule has 0 aliphatic carbocycles. The molecule has 0 radical (unpaired) electrons. The summed E-state index contributed by atoms with van der Waals surface area (Å²) in [6.07, 6.45) is 1.76. The molecule has 0 aliphatic rings. The van der Waals surface area contributed by atoms with Crippen molar-refractivity contribution in [3.05, 3.63) is 66.7 Å². The van der Waals surface area contributed by atoms with Gasteiger partial charge >= 0.3 is 5.97 Å². The Morgan fingerprint density at radius 3 is 2.00 bits per heavy atom. The fourth-order valence-corrected chi connectivity index (χ4v) is 1.66. The largest absolute Gasteiger partial charge is 0.478 e. The Morgan fingerprint density at radius 2 is 1.38 bits per heavy atom. The molecule has 0 heterocycles. The highest BCUT2D eigenvalue weighted by Gasteiger charge is 1.99. The van der Waals surface area contributed by atoms with Crippen LogP contribution in [0.15, 0.2) is 66.7 Å². The molecule has 0 bridgehead atoms. The molecule has 0 saturated heterocycles. The molecule has 2 aromatic rings. The van der Waals surface area contributed by atoms with Gasteiger partial charge in [-0.15, -0.1) is 0 Å². The third-order valence-electron chi connectivity index (χ3n) is 2.59. The molecule has 3 N–H and O–H groups in total. The zero-order valence-corrected chi connectivity index (χ0v) is 11.1. The second kappa shape index (κ2) is 6.91. The summed E-state index contributed by atoms with van der Waals surface area (Å²) in [6.45, 7) is 0. The number of benzene rings is 2. The highest BCUT2D eigenvalue weighted by atomic mass is 16.4. The van der Waals surface area contributed by atoms with Crippen LogP contribution in [-0.2, 0) is 9.59 Å². The summed E-state index contributed by atoms with van der Waals surface area (Å²) < 4.78 is 0. The van der Waals surface area contributed by atoms with Crippen molar-refractivity contribution in [1.82, 2.24) is 0 Å². The van der Waals surface area contributed by atoms with Gasteiger partial charge in [0.1, 0.15) is 0 Å². The molecule has 0 unspecified atom stereocenters. The molecule has 0 fully saturated rings. The van der Waals surface area contributed by atoms with Crippen molar-refractivity contribution in [1.29, 1.82) is 0 Å². The number of carboxylic acids is 1. The first kappa shape index (κ1) is 14.3. The number of para-hydroxylation sites is 1. The van der Waals surface area contributed by atoms with Crippen LogP contribution < -0.4 is 10.6 Å². The van der Waals surface area contributed by atoms with Gasteiger partial charge in [-0.1, -0.05) is 18.2 Å². The fourth-order valence-electron chi connectivity index (χ4n) is 1.66. The van der Waals surface area contributed by atoms with Crippen LogP contribution in [0.1, 0.15) is 0 Å².